The van der Waals surface area contributed by atoms with Crippen molar-refractivity contribution in [2.24, 2.45) is 0 Å². The maximum atomic E-state index is 6.61. The third-order valence-electron chi connectivity index (χ3n) is 9.04. The molecular weight excluding hydrogens is 558 g/mol. The molecule has 0 atom stereocenters. The summed E-state index contributed by atoms with van der Waals surface area (Å²) in [6.07, 6.45) is 0. The summed E-state index contributed by atoms with van der Waals surface area (Å²) in [5.41, 5.74) is 9.80. The van der Waals surface area contributed by atoms with Gasteiger partial charge in [-0.25, -0.2) is 0 Å². The Morgan fingerprint density at radius 2 is 0.978 bits per heavy atom. The smallest absolute Gasteiger partial charge is 0.143 e. The Balaban J connectivity index is 1.21. The Hall–Kier alpha value is -6.12. The maximum Gasteiger partial charge on any atom is 0.143 e. The minimum atomic E-state index is 0.875. The molecule has 0 saturated carbocycles. The number of hydrogen-bond acceptors (Lipinski definition) is 2. The van der Waals surface area contributed by atoms with Crippen LogP contribution in [0.1, 0.15) is 0 Å². The highest BCUT2D eigenvalue weighted by Gasteiger charge is 2.17. The van der Waals surface area contributed by atoms with Gasteiger partial charge in [-0.15, -0.1) is 0 Å². The second-order valence-electron chi connectivity index (χ2n) is 11.8. The fraction of sp³-hybridized carbons (Fsp3) is 0. The second kappa shape index (κ2) is 10.8. The number of furan rings is 1. The number of rotatable bonds is 5. The second-order valence-corrected chi connectivity index (χ2v) is 11.8. The topological polar surface area (TPSA) is 16.4 Å². The van der Waals surface area contributed by atoms with Gasteiger partial charge >= 0.3 is 0 Å². The number of hydrogen-bond donors (Lipinski definition) is 0. The van der Waals surface area contributed by atoms with Crippen molar-refractivity contribution in [3.63, 3.8) is 0 Å². The van der Waals surface area contributed by atoms with E-state index in [1.54, 1.807) is 0 Å². The van der Waals surface area contributed by atoms with Crippen LogP contribution in [0, 0.1) is 0 Å². The summed E-state index contributed by atoms with van der Waals surface area (Å²) < 4.78 is 6.61. The van der Waals surface area contributed by atoms with Crippen LogP contribution in [0.2, 0.25) is 0 Å². The van der Waals surface area contributed by atoms with E-state index in [0.29, 0.717) is 0 Å². The molecule has 1 heterocycles. The van der Waals surface area contributed by atoms with Crippen molar-refractivity contribution in [1.29, 1.82) is 0 Å². The van der Waals surface area contributed by atoms with E-state index in [1.165, 1.54) is 38.4 Å². The number of benzene rings is 8. The van der Waals surface area contributed by atoms with Crippen molar-refractivity contribution in [2.75, 3.05) is 4.90 Å². The highest BCUT2D eigenvalue weighted by molar-refractivity contribution is 6.15. The fourth-order valence-electron chi connectivity index (χ4n) is 6.80. The van der Waals surface area contributed by atoms with Crippen molar-refractivity contribution in [3.05, 3.63) is 176 Å². The zero-order valence-electron chi connectivity index (χ0n) is 25.1. The molecule has 0 N–H and O–H groups in total. The van der Waals surface area contributed by atoms with E-state index in [1.807, 2.05) is 0 Å². The van der Waals surface area contributed by atoms with Gasteiger partial charge in [-0.3, -0.25) is 0 Å². The third kappa shape index (κ3) is 4.43. The summed E-state index contributed by atoms with van der Waals surface area (Å²) in [5.74, 6) is 0. The molecule has 0 aliphatic carbocycles. The molecule has 9 aromatic rings. The third-order valence-corrected chi connectivity index (χ3v) is 9.04. The molecule has 2 heteroatoms. The van der Waals surface area contributed by atoms with E-state index < -0.39 is 0 Å². The average Bonchev–Trinajstić information content (AvgIpc) is 3.51. The summed E-state index contributed by atoms with van der Waals surface area (Å²) in [6, 6.07) is 62.7. The lowest BCUT2D eigenvalue weighted by Crippen LogP contribution is -2.10. The first-order valence-electron chi connectivity index (χ1n) is 15.7. The number of anilines is 3. The Labute approximate surface area is 267 Å². The first-order valence-corrected chi connectivity index (χ1v) is 15.7. The molecule has 0 bridgehead atoms. The van der Waals surface area contributed by atoms with Gasteiger partial charge < -0.3 is 9.32 Å². The average molecular weight is 588 g/mol. The molecular formula is C44H29NO. The highest BCUT2D eigenvalue weighted by Crippen LogP contribution is 2.41. The molecule has 0 spiro atoms. The largest absolute Gasteiger partial charge is 0.455 e. The van der Waals surface area contributed by atoms with Gasteiger partial charge in [-0.1, -0.05) is 127 Å². The van der Waals surface area contributed by atoms with Crippen LogP contribution in [0.25, 0.3) is 65.7 Å². The summed E-state index contributed by atoms with van der Waals surface area (Å²) >= 11 is 0. The lowest BCUT2D eigenvalue weighted by molar-refractivity contribution is 0.672. The molecule has 8 aromatic carbocycles. The Bertz CT molecular complexity index is 2520. The SMILES string of the molecule is c1ccc(-c2cccc(N(c3ccc(-c4cccc5ccccc45)cc3)c3ccc4c(c3)oc3c5ccccc5ccc43)c2)cc1. The van der Waals surface area contributed by atoms with Crippen molar-refractivity contribution in [1.82, 2.24) is 0 Å². The van der Waals surface area contributed by atoms with Gasteiger partial charge in [0.2, 0.25) is 0 Å². The minimum absolute atomic E-state index is 0.875. The molecule has 0 aliphatic rings. The van der Waals surface area contributed by atoms with Gasteiger partial charge in [0.1, 0.15) is 11.2 Å². The normalized spacial score (nSPS) is 11.5. The van der Waals surface area contributed by atoms with Gasteiger partial charge in [-0.05, 0) is 80.9 Å². The first-order chi connectivity index (χ1) is 22.8. The zero-order chi connectivity index (χ0) is 30.5. The molecule has 2 nitrogen and oxygen atoms in total. The van der Waals surface area contributed by atoms with E-state index in [9.17, 15) is 0 Å². The van der Waals surface area contributed by atoms with Gasteiger partial charge in [0.05, 0.1) is 0 Å². The highest BCUT2D eigenvalue weighted by atomic mass is 16.3. The molecule has 0 aliphatic heterocycles. The molecule has 0 unspecified atom stereocenters. The standard InChI is InChI=1S/C44H29NO/c1-2-10-30(11-3-1)34-15-8-16-36(28-34)45(35-23-20-33(21-24-35)39-19-9-14-31-12-4-6-17-38(31)39)37-25-27-41-42-26-22-32-13-5-7-18-40(32)44(42)46-43(41)29-37/h1-29H. The first kappa shape index (κ1) is 26.3. The lowest BCUT2D eigenvalue weighted by Gasteiger charge is -2.26. The summed E-state index contributed by atoms with van der Waals surface area (Å²) in [7, 11) is 0. The van der Waals surface area contributed by atoms with E-state index in [4.69, 9.17) is 4.42 Å². The van der Waals surface area contributed by atoms with E-state index in [0.717, 1.165) is 44.4 Å². The lowest BCUT2D eigenvalue weighted by atomic mass is 9.98. The molecule has 216 valence electrons. The molecule has 0 saturated heterocycles. The monoisotopic (exact) mass is 587 g/mol. The van der Waals surface area contributed by atoms with Crippen LogP contribution in [-0.4, -0.2) is 0 Å². The fourth-order valence-corrected chi connectivity index (χ4v) is 6.80. The van der Waals surface area contributed by atoms with Crippen LogP contribution in [0.3, 0.4) is 0 Å². The summed E-state index contributed by atoms with van der Waals surface area (Å²) in [5, 5.41) is 7.07. The Kier molecular flexibility index (Phi) is 6.17. The number of nitrogens with zero attached hydrogens (tertiary/aromatic N) is 1. The Morgan fingerprint density at radius 1 is 0.348 bits per heavy atom. The van der Waals surface area contributed by atoms with Crippen LogP contribution < -0.4 is 4.90 Å². The Morgan fingerprint density at radius 3 is 1.83 bits per heavy atom. The zero-order valence-corrected chi connectivity index (χ0v) is 25.1. The van der Waals surface area contributed by atoms with E-state index >= 15 is 0 Å². The van der Waals surface area contributed by atoms with Gasteiger partial charge in [0.25, 0.3) is 0 Å². The van der Waals surface area contributed by atoms with Crippen molar-refractivity contribution >= 4 is 60.5 Å². The molecule has 9 rings (SSSR count). The van der Waals surface area contributed by atoms with E-state index in [-0.39, 0.29) is 0 Å². The van der Waals surface area contributed by atoms with Crippen LogP contribution in [0.15, 0.2) is 180 Å². The van der Waals surface area contributed by atoms with E-state index in [2.05, 4.69) is 181 Å². The maximum absolute atomic E-state index is 6.61. The molecule has 0 radical (unpaired) electrons. The molecule has 46 heavy (non-hydrogen) atoms. The summed E-state index contributed by atoms with van der Waals surface area (Å²) in [4.78, 5) is 2.32. The quantitative estimate of drug-likeness (QED) is 0.199. The minimum Gasteiger partial charge on any atom is -0.455 e. The van der Waals surface area contributed by atoms with Crippen LogP contribution in [0.5, 0.6) is 0 Å². The van der Waals surface area contributed by atoms with Gasteiger partial charge in [0, 0.05) is 39.3 Å². The van der Waals surface area contributed by atoms with Gasteiger partial charge in [0.15, 0.2) is 0 Å². The van der Waals surface area contributed by atoms with Crippen molar-refractivity contribution in [3.8, 4) is 22.3 Å². The van der Waals surface area contributed by atoms with Crippen molar-refractivity contribution in [2.45, 2.75) is 0 Å². The van der Waals surface area contributed by atoms with Crippen LogP contribution in [0.4, 0.5) is 17.1 Å². The molecule has 0 amide bonds. The van der Waals surface area contributed by atoms with Gasteiger partial charge in [-0.2, -0.15) is 0 Å². The summed E-state index contributed by atoms with van der Waals surface area (Å²) in [6.45, 7) is 0. The van der Waals surface area contributed by atoms with Crippen molar-refractivity contribution < 1.29 is 4.42 Å². The number of fused-ring (bicyclic) bond motifs is 6. The van der Waals surface area contributed by atoms with Crippen LogP contribution in [-0.2, 0) is 0 Å². The predicted molar refractivity (Wildman–Crippen MR) is 194 cm³/mol. The van der Waals surface area contributed by atoms with Crippen LogP contribution >= 0.6 is 0 Å². The molecule has 1 aromatic heterocycles. The molecule has 0 fully saturated rings. The predicted octanol–water partition coefficient (Wildman–Crippen LogP) is 12.7.